The number of likely N-dealkylation sites (tertiary alicyclic amines) is 1. The first kappa shape index (κ1) is 19.6. The smallest absolute Gasteiger partial charge is 0.280 e. The Balaban J connectivity index is 1.48. The number of piperidine rings is 1. The summed E-state index contributed by atoms with van der Waals surface area (Å²) in [5.74, 6) is -0.721. The molecule has 2 atom stereocenters. The first-order valence-corrected chi connectivity index (χ1v) is 9.93. The van der Waals surface area contributed by atoms with Crippen LogP contribution in [0.5, 0.6) is 0 Å². The topological polar surface area (TPSA) is 88.5 Å². The van der Waals surface area contributed by atoms with Crippen molar-refractivity contribution < 1.29 is 18.7 Å². The minimum atomic E-state index is -2.78. The summed E-state index contributed by atoms with van der Waals surface area (Å²) < 4.78 is 30.0. The Kier molecular flexibility index (Phi) is 4.66. The monoisotopic (exact) mass is 426 g/mol. The molecule has 1 aromatic carbocycles. The molecule has 31 heavy (non-hydrogen) atoms. The van der Waals surface area contributed by atoms with Gasteiger partial charge in [-0.25, -0.2) is 18.3 Å². The highest BCUT2D eigenvalue weighted by Gasteiger charge is 2.34. The lowest BCUT2D eigenvalue weighted by atomic mass is 9.90. The highest BCUT2D eigenvalue weighted by molar-refractivity contribution is 5.98. The third-order valence-corrected chi connectivity index (χ3v) is 5.90. The van der Waals surface area contributed by atoms with E-state index in [1.54, 1.807) is 11.0 Å². The number of benzene rings is 1. The number of rotatable bonds is 3. The third-order valence-electron chi connectivity index (χ3n) is 5.90. The molecule has 1 saturated heterocycles. The summed E-state index contributed by atoms with van der Waals surface area (Å²) in [5.41, 5.74) is 1.50. The molecule has 10 heteroatoms. The fraction of sp³-hybridized carbons (Fsp3) is 0.333. The molecule has 1 fully saturated rings. The first-order valence-electron chi connectivity index (χ1n) is 9.93. The third kappa shape index (κ3) is 3.32. The van der Waals surface area contributed by atoms with Crippen LogP contribution in [0.15, 0.2) is 42.9 Å². The fourth-order valence-electron chi connectivity index (χ4n) is 4.24. The SMILES string of the molecule is Cn1ccc2cc(C(=O)N3CC[C@@H](O)[C@H](c4cc(C(F)F)nc5ncnn45)C3)ccc21. The van der Waals surface area contributed by atoms with Crippen molar-refractivity contribution in [3.8, 4) is 0 Å². The predicted octanol–water partition coefficient (Wildman–Crippen LogP) is 2.54. The second kappa shape index (κ2) is 7.38. The van der Waals surface area contributed by atoms with Crippen molar-refractivity contribution >= 4 is 22.6 Å². The highest BCUT2D eigenvalue weighted by Crippen LogP contribution is 2.31. The van der Waals surface area contributed by atoms with Gasteiger partial charge in [0.1, 0.15) is 12.0 Å². The molecule has 1 N–H and O–H groups in total. The summed E-state index contributed by atoms with van der Waals surface area (Å²) in [5, 5.41) is 15.7. The van der Waals surface area contributed by atoms with Gasteiger partial charge in [-0.05, 0) is 36.8 Å². The molecule has 0 bridgehead atoms. The van der Waals surface area contributed by atoms with Gasteiger partial charge >= 0.3 is 0 Å². The second-order valence-electron chi connectivity index (χ2n) is 7.79. The van der Waals surface area contributed by atoms with E-state index in [1.807, 2.05) is 36.0 Å². The zero-order valence-electron chi connectivity index (χ0n) is 16.7. The van der Waals surface area contributed by atoms with Crippen molar-refractivity contribution in [2.75, 3.05) is 13.1 Å². The summed E-state index contributed by atoms with van der Waals surface area (Å²) in [6.45, 7) is 0.547. The van der Waals surface area contributed by atoms with Crippen molar-refractivity contribution in [1.82, 2.24) is 29.0 Å². The van der Waals surface area contributed by atoms with Crippen molar-refractivity contribution in [2.45, 2.75) is 24.9 Å². The normalized spacial score (nSPS) is 19.6. The molecule has 3 aromatic heterocycles. The standard InChI is InChI=1S/C21H20F2N6O2/c1-27-6-4-12-8-13(2-3-16(12)27)20(31)28-7-5-18(30)14(10-28)17-9-15(19(22)23)26-21-24-11-25-29(17)21/h2-4,6,8-9,11,14,18-19,30H,5,7,10H2,1H3/t14-,18+/m0/s1. The Morgan fingerprint density at radius 2 is 2.10 bits per heavy atom. The molecule has 1 aliphatic rings. The zero-order chi connectivity index (χ0) is 21.7. The van der Waals surface area contributed by atoms with Gasteiger partial charge in [0, 0.05) is 48.7 Å². The summed E-state index contributed by atoms with van der Waals surface area (Å²) >= 11 is 0. The van der Waals surface area contributed by atoms with E-state index >= 15 is 0 Å². The quantitative estimate of drug-likeness (QED) is 0.544. The molecule has 1 aliphatic heterocycles. The minimum absolute atomic E-state index is 0.0398. The molecule has 4 heterocycles. The Morgan fingerprint density at radius 3 is 2.90 bits per heavy atom. The molecular weight excluding hydrogens is 406 g/mol. The van der Waals surface area contributed by atoms with Gasteiger partial charge in [-0.3, -0.25) is 4.79 Å². The maximum absolute atomic E-state index is 13.4. The van der Waals surface area contributed by atoms with Gasteiger partial charge in [0.25, 0.3) is 18.1 Å². The number of halogens is 2. The van der Waals surface area contributed by atoms with Crippen molar-refractivity contribution in [3.63, 3.8) is 0 Å². The van der Waals surface area contributed by atoms with Crippen molar-refractivity contribution in [2.24, 2.45) is 7.05 Å². The molecule has 0 unspecified atom stereocenters. The fourth-order valence-corrected chi connectivity index (χ4v) is 4.24. The molecule has 8 nitrogen and oxygen atoms in total. The van der Waals surface area contributed by atoms with Crippen LogP contribution in [0.1, 0.15) is 40.5 Å². The van der Waals surface area contributed by atoms with Crippen molar-refractivity contribution in [3.05, 3.63) is 59.8 Å². The van der Waals surface area contributed by atoms with E-state index in [4.69, 9.17) is 0 Å². The maximum atomic E-state index is 13.4. The molecule has 5 rings (SSSR count). The molecule has 160 valence electrons. The second-order valence-corrected chi connectivity index (χ2v) is 7.79. The number of nitrogens with zero attached hydrogens (tertiary/aromatic N) is 6. The Morgan fingerprint density at radius 1 is 1.26 bits per heavy atom. The number of aryl methyl sites for hydroxylation is 1. The molecule has 4 aromatic rings. The predicted molar refractivity (Wildman–Crippen MR) is 108 cm³/mol. The van der Waals surface area contributed by atoms with E-state index in [1.165, 1.54) is 16.9 Å². The zero-order valence-corrected chi connectivity index (χ0v) is 16.7. The van der Waals surface area contributed by atoms with Crippen LogP contribution in [-0.4, -0.2) is 59.3 Å². The summed E-state index contributed by atoms with van der Waals surface area (Å²) in [6, 6.07) is 8.70. The Labute approximate surface area is 175 Å². The first-order chi connectivity index (χ1) is 14.9. The van der Waals surface area contributed by atoms with E-state index in [0.29, 0.717) is 24.2 Å². The number of aliphatic hydroxyl groups excluding tert-OH is 1. The van der Waals surface area contributed by atoms with Gasteiger partial charge in [0.15, 0.2) is 0 Å². The largest absolute Gasteiger partial charge is 0.392 e. The number of aromatic nitrogens is 5. The number of fused-ring (bicyclic) bond motifs is 2. The number of amides is 1. The van der Waals surface area contributed by atoms with Crippen LogP contribution in [0, 0.1) is 0 Å². The average molecular weight is 426 g/mol. The molecular formula is C21H20F2N6O2. The number of hydrogen-bond donors (Lipinski definition) is 1. The van der Waals surface area contributed by atoms with E-state index in [-0.39, 0.29) is 18.2 Å². The van der Waals surface area contributed by atoms with Crippen LogP contribution in [0.25, 0.3) is 16.7 Å². The lowest BCUT2D eigenvalue weighted by Gasteiger charge is -2.36. The molecule has 1 amide bonds. The number of alkyl halides is 2. The molecule has 0 radical (unpaired) electrons. The van der Waals surface area contributed by atoms with Gasteiger partial charge in [-0.15, -0.1) is 0 Å². The van der Waals surface area contributed by atoms with E-state index in [2.05, 4.69) is 15.1 Å². The molecule has 0 spiro atoms. The van der Waals surface area contributed by atoms with Gasteiger partial charge in [-0.2, -0.15) is 10.1 Å². The van der Waals surface area contributed by atoms with Gasteiger partial charge in [0.05, 0.1) is 11.8 Å². The van der Waals surface area contributed by atoms with Crippen LogP contribution < -0.4 is 0 Å². The lowest BCUT2D eigenvalue weighted by Crippen LogP contribution is -2.45. The van der Waals surface area contributed by atoms with E-state index in [9.17, 15) is 18.7 Å². The van der Waals surface area contributed by atoms with E-state index < -0.39 is 24.1 Å². The molecule has 0 saturated carbocycles. The number of carbonyl (C=O) groups excluding carboxylic acids is 1. The van der Waals surface area contributed by atoms with Crippen LogP contribution in [0.2, 0.25) is 0 Å². The van der Waals surface area contributed by atoms with Gasteiger partial charge < -0.3 is 14.6 Å². The van der Waals surface area contributed by atoms with Gasteiger partial charge in [0.2, 0.25) is 0 Å². The van der Waals surface area contributed by atoms with Gasteiger partial charge in [-0.1, -0.05) is 0 Å². The average Bonchev–Trinajstić information content (AvgIpc) is 3.39. The van der Waals surface area contributed by atoms with Crippen LogP contribution in [0.3, 0.4) is 0 Å². The lowest BCUT2D eigenvalue weighted by molar-refractivity contribution is 0.0433. The Bertz CT molecular complexity index is 1280. The number of hydrogen-bond acceptors (Lipinski definition) is 5. The van der Waals surface area contributed by atoms with E-state index in [0.717, 1.165) is 10.9 Å². The Hall–Kier alpha value is -3.40. The number of aliphatic hydroxyl groups is 1. The van der Waals surface area contributed by atoms with Crippen LogP contribution in [-0.2, 0) is 7.05 Å². The maximum Gasteiger partial charge on any atom is 0.280 e. The number of carbonyl (C=O) groups is 1. The summed E-state index contributed by atoms with van der Waals surface area (Å²) in [4.78, 5) is 22.6. The highest BCUT2D eigenvalue weighted by atomic mass is 19.3. The minimum Gasteiger partial charge on any atom is -0.392 e. The van der Waals surface area contributed by atoms with Crippen molar-refractivity contribution in [1.29, 1.82) is 0 Å². The summed E-state index contributed by atoms with van der Waals surface area (Å²) in [6.07, 6.45) is -0.0991. The molecule has 0 aliphatic carbocycles. The summed E-state index contributed by atoms with van der Waals surface area (Å²) in [7, 11) is 1.94. The van der Waals surface area contributed by atoms with Crippen LogP contribution in [0.4, 0.5) is 8.78 Å². The van der Waals surface area contributed by atoms with Crippen LogP contribution >= 0.6 is 0 Å².